The van der Waals surface area contributed by atoms with E-state index in [4.69, 9.17) is 42.6 Å². The van der Waals surface area contributed by atoms with E-state index in [0.717, 1.165) is 33.4 Å². The van der Waals surface area contributed by atoms with Gasteiger partial charge in [0.05, 0.1) is 52.9 Å². The van der Waals surface area contributed by atoms with Crippen LogP contribution in [0.25, 0.3) is 0 Å². The molecule has 2 aliphatic rings. The van der Waals surface area contributed by atoms with Crippen LogP contribution in [0.4, 0.5) is 0 Å². The van der Waals surface area contributed by atoms with Crippen molar-refractivity contribution in [3.05, 3.63) is 215 Å². The summed E-state index contributed by atoms with van der Waals surface area (Å²) in [6.45, 7) is 2.90. The van der Waals surface area contributed by atoms with Gasteiger partial charge in [0.2, 0.25) is 5.91 Å². The highest BCUT2D eigenvalue weighted by Gasteiger charge is 2.54. The summed E-state index contributed by atoms with van der Waals surface area (Å²) in [6.07, 6.45) is -8.71. The van der Waals surface area contributed by atoms with Crippen LogP contribution in [0.15, 0.2) is 182 Å². The van der Waals surface area contributed by atoms with Crippen molar-refractivity contribution in [2.24, 2.45) is 0 Å². The van der Waals surface area contributed by atoms with Crippen molar-refractivity contribution < 1.29 is 52.5 Å². The Morgan fingerprint density at radius 1 is 0.441 bits per heavy atom. The van der Waals surface area contributed by atoms with Gasteiger partial charge < -0.3 is 53.1 Å². The van der Waals surface area contributed by atoms with Crippen molar-refractivity contribution >= 4 is 5.91 Å². The van der Waals surface area contributed by atoms with Crippen molar-refractivity contribution in [1.29, 1.82) is 0 Å². The Morgan fingerprint density at radius 3 is 1.18 bits per heavy atom. The molecule has 2 fully saturated rings. The number of benzene rings is 6. The van der Waals surface area contributed by atoms with E-state index < -0.39 is 61.3 Å². The van der Waals surface area contributed by atoms with Crippen molar-refractivity contribution in [3.63, 3.8) is 0 Å². The quantitative estimate of drug-likeness (QED) is 0.0647. The lowest BCUT2D eigenvalue weighted by Gasteiger charge is -2.50. The zero-order chi connectivity index (χ0) is 46.8. The van der Waals surface area contributed by atoms with Gasteiger partial charge in [0.25, 0.3) is 0 Å². The minimum Gasteiger partial charge on any atom is -0.374 e. The molecule has 0 radical (unpaired) electrons. The standard InChI is InChI=1S/C56H61NO11/c1-40(58)57-49-52(63-35-44-26-14-5-15-27-44)51(48(66-55(49)59)39-61-33-42-22-10-3-11-23-42)68-56-54(65-37-46-30-18-7-19-31-46)53(64-36-45-28-16-6-17-29-45)50(62-34-43-24-12-4-13-25-43)47(67-56)38-60-32-41-20-8-2-9-21-41/h2-31,47-56,59H,32-39H2,1H3,(H,57,58)/t47-,48-,49-,50-,51-,52-,53+,54-,55+,56+/m1/s1. The number of aliphatic hydroxyl groups is 1. The maximum absolute atomic E-state index is 12.8. The molecule has 6 aromatic carbocycles. The summed E-state index contributed by atoms with van der Waals surface area (Å²) in [5, 5.41) is 14.6. The molecular formula is C56H61NO11. The molecule has 356 valence electrons. The van der Waals surface area contributed by atoms with Gasteiger partial charge in [-0.2, -0.15) is 0 Å². The van der Waals surface area contributed by atoms with E-state index in [9.17, 15) is 9.90 Å². The van der Waals surface area contributed by atoms with E-state index in [1.54, 1.807) is 0 Å². The lowest BCUT2D eigenvalue weighted by atomic mass is 9.94. The first kappa shape index (κ1) is 48.8. The monoisotopic (exact) mass is 923 g/mol. The number of amides is 1. The number of carbonyl (C=O) groups is 1. The minimum atomic E-state index is -1.47. The molecule has 6 aromatic rings. The summed E-state index contributed by atoms with van der Waals surface area (Å²) < 4.78 is 61.1. The number of aliphatic hydroxyl groups excluding tert-OH is 1. The average Bonchev–Trinajstić information content (AvgIpc) is 3.37. The topological polar surface area (TPSA) is 132 Å². The number of hydrogen-bond acceptors (Lipinski definition) is 11. The van der Waals surface area contributed by atoms with Crippen LogP contribution >= 0.6 is 0 Å². The zero-order valence-corrected chi connectivity index (χ0v) is 38.3. The Bertz CT molecular complexity index is 2330. The number of rotatable bonds is 23. The molecule has 0 aliphatic carbocycles. The van der Waals surface area contributed by atoms with Gasteiger partial charge in [-0.1, -0.05) is 182 Å². The molecule has 0 spiro atoms. The fourth-order valence-electron chi connectivity index (χ4n) is 8.45. The molecule has 0 aromatic heterocycles. The first-order valence-corrected chi connectivity index (χ1v) is 23.2. The first-order valence-electron chi connectivity index (χ1n) is 23.2. The Labute approximate surface area is 399 Å². The highest BCUT2D eigenvalue weighted by Crippen LogP contribution is 2.35. The normalized spacial score (nSPS) is 24.9. The third kappa shape index (κ3) is 14.2. The number of nitrogens with one attached hydrogen (secondary N) is 1. The third-order valence-corrected chi connectivity index (χ3v) is 11.8. The number of ether oxygens (including phenoxy) is 9. The fraction of sp³-hybridized carbons (Fsp3) is 0.339. The molecular weight excluding hydrogens is 863 g/mol. The molecule has 0 saturated carbocycles. The molecule has 68 heavy (non-hydrogen) atoms. The van der Waals surface area contributed by atoms with Gasteiger partial charge >= 0.3 is 0 Å². The maximum atomic E-state index is 12.8. The minimum absolute atomic E-state index is 0.00275. The average molecular weight is 924 g/mol. The molecule has 12 nitrogen and oxygen atoms in total. The van der Waals surface area contributed by atoms with Gasteiger partial charge in [-0.05, 0) is 33.4 Å². The smallest absolute Gasteiger partial charge is 0.217 e. The van der Waals surface area contributed by atoms with Crippen LogP contribution in [0, 0.1) is 0 Å². The largest absolute Gasteiger partial charge is 0.374 e. The van der Waals surface area contributed by atoms with Crippen LogP contribution in [0.1, 0.15) is 40.3 Å². The Morgan fingerprint density at radius 2 is 0.779 bits per heavy atom. The zero-order valence-electron chi connectivity index (χ0n) is 38.3. The summed E-state index contributed by atoms with van der Waals surface area (Å²) in [6, 6.07) is 58.1. The van der Waals surface area contributed by atoms with Crippen LogP contribution in [0.2, 0.25) is 0 Å². The maximum Gasteiger partial charge on any atom is 0.217 e. The number of hydrogen-bond donors (Lipinski definition) is 2. The van der Waals surface area contributed by atoms with Crippen molar-refractivity contribution in [2.75, 3.05) is 13.2 Å². The highest BCUT2D eigenvalue weighted by molar-refractivity contribution is 5.73. The van der Waals surface area contributed by atoms with E-state index in [2.05, 4.69) is 5.32 Å². The second kappa shape index (κ2) is 25.7. The molecule has 2 saturated heterocycles. The van der Waals surface area contributed by atoms with Crippen LogP contribution in [0.5, 0.6) is 0 Å². The summed E-state index contributed by atoms with van der Waals surface area (Å²) in [4.78, 5) is 12.8. The molecule has 1 amide bonds. The van der Waals surface area contributed by atoms with Gasteiger partial charge in [0, 0.05) is 6.92 Å². The van der Waals surface area contributed by atoms with E-state index in [-0.39, 0.29) is 52.2 Å². The summed E-state index contributed by atoms with van der Waals surface area (Å²) in [7, 11) is 0. The predicted molar refractivity (Wildman–Crippen MR) is 254 cm³/mol. The molecule has 12 heteroatoms. The SMILES string of the molecule is CC(=O)N[C@@H]1[C@@H](OCc2ccccc2)[C@H](O[C@@H]2O[C@H](COCc3ccccc3)[C@@H](OCc3ccccc3)[C@H](OCc3ccccc3)[C@H]2OCc2ccccc2)[C@@H](COCc2ccccc2)O[C@@H]1O. The Hall–Kier alpha value is -5.61. The van der Waals surface area contributed by atoms with E-state index in [1.165, 1.54) is 6.92 Å². The van der Waals surface area contributed by atoms with Crippen LogP contribution in [0.3, 0.4) is 0 Å². The van der Waals surface area contributed by atoms with Gasteiger partial charge in [0.1, 0.15) is 48.8 Å². The van der Waals surface area contributed by atoms with Gasteiger partial charge in [-0.25, -0.2) is 0 Å². The second-order valence-corrected chi connectivity index (χ2v) is 17.0. The summed E-state index contributed by atoms with van der Waals surface area (Å²) in [5.74, 6) is -0.384. The summed E-state index contributed by atoms with van der Waals surface area (Å²) in [5.41, 5.74) is 5.68. The van der Waals surface area contributed by atoms with E-state index in [1.807, 2.05) is 182 Å². The second-order valence-electron chi connectivity index (χ2n) is 17.0. The Balaban J connectivity index is 1.18. The van der Waals surface area contributed by atoms with Crippen molar-refractivity contribution in [1.82, 2.24) is 5.32 Å². The first-order chi connectivity index (χ1) is 33.5. The molecule has 2 heterocycles. The van der Waals surface area contributed by atoms with Crippen LogP contribution < -0.4 is 5.32 Å². The highest BCUT2D eigenvalue weighted by atomic mass is 16.7. The van der Waals surface area contributed by atoms with E-state index in [0.29, 0.717) is 6.61 Å². The lowest BCUT2D eigenvalue weighted by Crippen LogP contribution is -2.68. The van der Waals surface area contributed by atoms with Crippen molar-refractivity contribution in [3.8, 4) is 0 Å². The summed E-state index contributed by atoms with van der Waals surface area (Å²) >= 11 is 0. The van der Waals surface area contributed by atoms with Gasteiger partial charge in [0.15, 0.2) is 12.6 Å². The fourth-order valence-corrected chi connectivity index (χ4v) is 8.45. The van der Waals surface area contributed by atoms with E-state index >= 15 is 0 Å². The third-order valence-electron chi connectivity index (χ3n) is 11.8. The number of carbonyl (C=O) groups excluding carboxylic acids is 1. The predicted octanol–water partition coefficient (Wildman–Crippen LogP) is 8.09. The lowest BCUT2D eigenvalue weighted by molar-refractivity contribution is -0.363. The molecule has 10 atom stereocenters. The molecule has 8 rings (SSSR count). The van der Waals surface area contributed by atoms with Gasteiger partial charge in [-0.3, -0.25) is 4.79 Å². The van der Waals surface area contributed by atoms with Crippen molar-refractivity contribution in [2.45, 2.75) is 108 Å². The molecule has 2 aliphatic heterocycles. The molecule has 0 bridgehead atoms. The van der Waals surface area contributed by atoms with Crippen LogP contribution in [-0.4, -0.2) is 85.6 Å². The molecule has 0 unspecified atom stereocenters. The van der Waals surface area contributed by atoms with Crippen LogP contribution in [-0.2, 0) is 87.1 Å². The Kier molecular flexibility index (Phi) is 18.4. The van der Waals surface area contributed by atoms with Gasteiger partial charge in [-0.15, -0.1) is 0 Å². The molecule has 2 N–H and O–H groups in total.